The molecular formula is C21H24N4O2S2. The normalized spacial score (nSPS) is 10.7. The number of nitrogens with one attached hydrogen (secondary N) is 1. The predicted molar refractivity (Wildman–Crippen MR) is 119 cm³/mol. The molecule has 6 nitrogen and oxygen atoms in total. The number of hydrogen-bond acceptors (Lipinski definition) is 6. The van der Waals surface area contributed by atoms with E-state index in [4.69, 9.17) is 4.74 Å². The maximum absolute atomic E-state index is 12.3. The molecule has 0 aliphatic carbocycles. The summed E-state index contributed by atoms with van der Waals surface area (Å²) in [6, 6.07) is 15.8. The van der Waals surface area contributed by atoms with E-state index in [9.17, 15) is 4.79 Å². The van der Waals surface area contributed by atoms with Gasteiger partial charge in [-0.3, -0.25) is 4.79 Å². The number of benzene rings is 2. The molecule has 29 heavy (non-hydrogen) atoms. The zero-order chi connectivity index (χ0) is 20.6. The van der Waals surface area contributed by atoms with Crippen LogP contribution in [0.4, 0.5) is 5.69 Å². The molecule has 1 N–H and O–H groups in total. The summed E-state index contributed by atoms with van der Waals surface area (Å²) in [5.41, 5.74) is 1.91. The van der Waals surface area contributed by atoms with Gasteiger partial charge in [-0.25, -0.2) is 0 Å². The van der Waals surface area contributed by atoms with E-state index in [1.54, 1.807) is 18.9 Å². The molecule has 3 aromatic rings. The van der Waals surface area contributed by atoms with Crippen molar-refractivity contribution in [2.45, 2.75) is 36.2 Å². The molecule has 3 rings (SSSR count). The molecular weight excluding hydrogens is 404 g/mol. The fourth-order valence-electron chi connectivity index (χ4n) is 2.70. The molecule has 1 aromatic heterocycles. The topological polar surface area (TPSA) is 69.0 Å². The third-order valence-electron chi connectivity index (χ3n) is 4.21. The Hall–Kier alpha value is -2.45. The lowest BCUT2D eigenvalue weighted by atomic mass is 10.2. The van der Waals surface area contributed by atoms with Crippen molar-refractivity contribution in [3.63, 3.8) is 0 Å². The van der Waals surface area contributed by atoms with Gasteiger partial charge in [0.2, 0.25) is 5.91 Å². The van der Waals surface area contributed by atoms with Crippen molar-refractivity contribution in [1.82, 2.24) is 14.8 Å². The SMILES string of the molecule is CCn1c(CSc2ccc(C)cc2)nnc1SCC(=O)Nc1ccccc1OC. The van der Waals surface area contributed by atoms with E-state index in [0.717, 1.165) is 23.3 Å². The average molecular weight is 429 g/mol. The van der Waals surface area contributed by atoms with Gasteiger partial charge in [0, 0.05) is 11.4 Å². The average Bonchev–Trinajstić information content (AvgIpc) is 3.14. The summed E-state index contributed by atoms with van der Waals surface area (Å²) in [6.07, 6.45) is 0. The molecule has 8 heteroatoms. The molecule has 1 heterocycles. The molecule has 0 aliphatic heterocycles. The molecule has 0 unspecified atom stereocenters. The van der Waals surface area contributed by atoms with E-state index in [1.807, 2.05) is 24.3 Å². The van der Waals surface area contributed by atoms with Crippen LogP contribution in [0.3, 0.4) is 0 Å². The molecule has 0 fully saturated rings. The van der Waals surface area contributed by atoms with Gasteiger partial charge in [-0.05, 0) is 38.1 Å². The van der Waals surface area contributed by atoms with Crippen LogP contribution in [0.2, 0.25) is 0 Å². The minimum atomic E-state index is -0.110. The summed E-state index contributed by atoms with van der Waals surface area (Å²) in [6.45, 7) is 4.89. The quantitative estimate of drug-likeness (QED) is 0.501. The maximum Gasteiger partial charge on any atom is 0.234 e. The van der Waals surface area contributed by atoms with Crippen LogP contribution in [0.25, 0.3) is 0 Å². The summed E-state index contributed by atoms with van der Waals surface area (Å²) in [5.74, 6) is 2.42. The van der Waals surface area contributed by atoms with E-state index in [-0.39, 0.29) is 11.7 Å². The van der Waals surface area contributed by atoms with Crippen LogP contribution in [-0.4, -0.2) is 33.5 Å². The van der Waals surface area contributed by atoms with Crippen molar-refractivity contribution in [2.75, 3.05) is 18.2 Å². The van der Waals surface area contributed by atoms with Gasteiger partial charge in [0.05, 0.1) is 24.3 Å². The first-order valence-corrected chi connectivity index (χ1v) is 11.2. The van der Waals surface area contributed by atoms with Crippen LogP contribution in [-0.2, 0) is 17.1 Å². The van der Waals surface area contributed by atoms with Crippen LogP contribution in [0.15, 0.2) is 58.6 Å². The molecule has 0 atom stereocenters. The van der Waals surface area contributed by atoms with Gasteiger partial charge in [0.1, 0.15) is 11.6 Å². The fraction of sp³-hybridized carbons (Fsp3) is 0.286. The predicted octanol–water partition coefficient (Wildman–Crippen LogP) is 4.64. The Morgan fingerprint density at radius 2 is 1.86 bits per heavy atom. The zero-order valence-electron chi connectivity index (χ0n) is 16.7. The minimum Gasteiger partial charge on any atom is -0.495 e. The highest BCUT2D eigenvalue weighted by molar-refractivity contribution is 7.99. The summed E-state index contributed by atoms with van der Waals surface area (Å²) in [7, 11) is 1.58. The Labute approximate surface area is 179 Å². The Morgan fingerprint density at radius 3 is 2.59 bits per heavy atom. The number of ether oxygens (including phenoxy) is 1. The van der Waals surface area contributed by atoms with Gasteiger partial charge in [-0.2, -0.15) is 0 Å². The molecule has 0 bridgehead atoms. The number of thioether (sulfide) groups is 2. The lowest BCUT2D eigenvalue weighted by Crippen LogP contribution is -2.15. The Bertz CT molecular complexity index is 958. The van der Waals surface area contributed by atoms with Gasteiger partial charge in [0.25, 0.3) is 0 Å². The van der Waals surface area contributed by atoms with E-state index in [0.29, 0.717) is 11.4 Å². The number of nitrogens with zero attached hydrogens (tertiary/aromatic N) is 3. The van der Waals surface area contributed by atoms with Gasteiger partial charge in [0.15, 0.2) is 5.16 Å². The van der Waals surface area contributed by atoms with Crippen molar-refractivity contribution in [1.29, 1.82) is 0 Å². The summed E-state index contributed by atoms with van der Waals surface area (Å²) < 4.78 is 7.33. The number of carbonyl (C=O) groups is 1. The van der Waals surface area contributed by atoms with Crippen molar-refractivity contribution in [3.05, 3.63) is 59.9 Å². The highest BCUT2D eigenvalue weighted by Crippen LogP contribution is 2.26. The smallest absolute Gasteiger partial charge is 0.234 e. The number of aryl methyl sites for hydroxylation is 1. The minimum absolute atomic E-state index is 0.110. The summed E-state index contributed by atoms with van der Waals surface area (Å²) >= 11 is 3.11. The van der Waals surface area contributed by atoms with Gasteiger partial charge < -0.3 is 14.6 Å². The maximum atomic E-state index is 12.3. The zero-order valence-corrected chi connectivity index (χ0v) is 18.3. The van der Waals surface area contributed by atoms with Crippen LogP contribution in [0.1, 0.15) is 18.3 Å². The number of amides is 1. The largest absolute Gasteiger partial charge is 0.495 e. The summed E-state index contributed by atoms with van der Waals surface area (Å²) in [4.78, 5) is 13.6. The molecule has 152 valence electrons. The number of para-hydroxylation sites is 2. The van der Waals surface area contributed by atoms with Crippen LogP contribution >= 0.6 is 23.5 Å². The standard InChI is InChI=1S/C21H24N4O2S2/c1-4-25-19(13-28-16-11-9-15(2)10-12-16)23-24-21(25)29-14-20(26)22-17-7-5-6-8-18(17)27-3/h5-12H,4,13-14H2,1-3H3,(H,22,26). The Balaban J connectivity index is 1.58. The Kier molecular flexibility index (Phi) is 7.60. The van der Waals surface area contributed by atoms with Gasteiger partial charge in [-0.1, -0.05) is 41.6 Å². The second kappa shape index (κ2) is 10.4. The second-order valence-corrected chi connectivity index (χ2v) is 8.27. The van der Waals surface area contributed by atoms with Gasteiger partial charge in [-0.15, -0.1) is 22.0 Å². The molecule has 2 aromatic carbocycles. The lowest BCUT2D eigenvalue weighted by molar-refractivity contribution is -0.113. The van der Waals surface area contributed by atoms with Crippen molar-refractivity contribution in [3.8, 4) is 5.75 Å². The first-order chi connectivity index (χ1) is 14.1. The number of methoxy groups -OCH3 is 1. The third kappa shape index (κ3) is 5.77. The van der Waals surface area contributed by atoms with Crippen LogP contribution in [0.5, 0.6) is 5.75 Å². The number of aromatic nitrogens is 3. The molecule has 0 saturated carbocycles. The highest BCUT2D eigenvalue weighted by Gasteiger charge is 2.14. The van der Waals surface area contributed by atoms with E-state index >= 15 is 0 Å². The highest BCUT2D eigenvalue weighted by atomic mass is 32.2. The first kappa shape index (κ1) is 21.3. The van der Waals surface area contributed by atoms with Gasteiger partial charge >= 0.3 is 0 Å². The molecule has 1 amide bonds. The molecule has 0 spiro atoms. The fourth-order valence-corrected chi connectivity index (χ4v) is 4.36. The number of anilines is 1. The lowest BCUT2D eigenvalue weighted by Gasteiger charge is -2.10. The van der Waals surface area contributed by atoms with Crippen LogP contribution < -0.4 is 10.1 Å². The molecule has 0 radical (unpaired) electrons. The van der Waals surface area contributed by atoms with E-state index < -0.39 is 0 Å². The Morgan fingerprint density at radius 1 is 1.10 bits per heavy atom. The third-order valence-corrected chi connectivity index (χ3v) is 6.19. The summed E-state index contributed by atoms with van der Waals surface area (Å²) in [5, 5.41) is 12.2. The van der Waals surface area contributed by atoms with Crippen LogP contribution in [0, 0.1) is 6.92 Å². The first-order valence-electron chi connectivity index (χ1n) is 9.28. The number of carbonyl (C=O) groups excluding carboxylic acids is 1. The van der Waals surface area contributed by atoms with Crippen molar-refractivity contribution >= 4 is 35.1 Å². The van der Waals surface area contributed by atoms with E-state index in [1.165, 1.54) is 22.2 Å². The van der Waals surface area contributed by atoms with Crippen molar-refractivity contribution < 1.29 is 9.53 Å². The number of hydrogen-bond donors (Lipinski definition) is 1. The monoisotopic (exact) mass is 428 g/mol. The van der Waals surface area contributed by atoms with E-state index in [2.05, 4.69) is 58.2 Å². The van der Waals surface area contributed by atoms with Crippen molar-refractivity contribution in [2.24, 2.45) is 0 Å². The number of rotatable bonds is 9. The molecule has 0 saturated heterocycles. The molecule has 0 aliphatic rings. The second-order valence-electron chi connectivity index (χ2n) is 6.28.